The molecule has 3 rings (SSSR count). The lowest BCUT2D eigenvalue weighted by molar-refractivity contribution is 0.415. The van der Waals surface area contributed by atoms with E-state index in [1.807, 2.05) is 35.2 Å². The first-order valence-corrected chi connectivity index (χ1v) is 8.27. The summed E-state index contributed by atoms with van der Waals surface area (Å²) in [5.41, 5.74) is 1.70. The van der Waals surface area contributed by atoms with Crippen molar-refractivity contribution in [2.45, 2.75) is 32.4 Å². The van der Waals surface area contributed by atoms with Crippen LogP contribution in [0.25, 0.3) is 0 Å². The van der Waals surface area contributed by atoms with Gasteiger partial charge in [-0.3, -0.25) is 5.41 Å². The van der Waals surface area contributed by atoms with Crippen LogP contribution in [0.5, 0.6) is 5.75 Å². The Balaban J connectivity index is 1.91. The SMILES string of the molecule is CCCCC=CC1Nc2occc2C(=N)N1c1ccc(OC)cc1. The lowest BCUT2D eigenvalue weighted by Gasteiger charge is -2.36. The first-order valence-electron chi connectivity index (χ1n) is 8.27. The monoisotopic (exact) mass is 325 g/mol. The third-order valence-corrected chi connectivity index (χ3v) is 4.11. The molecule has 126 valence electrons. The molecule has 0 saturated heterocycles. The summed E-state index contributed by atoms with van der Waals surface area (Å²) in [5.74, 6) is 1.87. The van der Waals surface area contributed by atoms with E-state index in [2.05, 4.69) is 24.4 Å². The zero-order valence-electron chi connectivity index (χ0n) is 14.1. The minimum absolute atomic E-state index is 0.151. The predicted octanol–water partition coefficient (Wildman–Crippen LogP) is 4.62. The molecule has 2 N–H and O–H groups in total. The van der Waals surface area contributed by atoms with Crippen LogP contribution in [0.2, 0.25) is 0 Å². The highest BCUT2D eigenvalue weighted by molar-refractivity contribution is 6.13. The highest BCUT2D eigenvalue weighted by Crippen LogP contribution is 2.31. The van der Waals surface area contributed by atoms with E-state index in [0.717, 1.165) is 29.8 Å². The molecule has 5 heteroatoms. The summed E-state index contributed by atoms with van der Waals surface area (Å²) in [5, 5.41) is 12.0. The number of nitrogens with zero attached hydrogens (tertiary/aromatic N) is 1. The van der Waals surface area contributed by atoms with Gasteiger partial charge < -0.3 is 19.4 Å². The molecule has 24 heavy (non-hydrogen) atoms. The topological polar surface area (TPSA) is 61.5 Å². The Morgan fingerprint density at radius 1 is 1.29 bits per heavy atom. The summed E-state index contributed by atoms with van der Waals surface area (Å²) >= 11 is 0. The fourth-order valence-electron chi connectivity index (χ4n) is 2.79. The van der Waals surface area contributed by atoms with Crippen LogP contribution in [0.3, 0.4) is 0 Å². The number of hydrogen-bond acceptors (Lipinski definition) is 4. The van der Waals surface area contributed by atoms with Crippen LogP contribution in [0.4, 0.5) is 11.6 Å². The Kier molecular flexibility index (Phi) is 4.89. The molecule has 5 nitrogen and oxygen atoms in total. The molecule has 2 aromatic rings. The van der Waals surface area contributed by atoms with Crippen molar-refractivity contribution in [2.75, 3.05) is 17.3 Å². The summed E-state index contributed by atoms with van der Waals surface area (Å²) < 4.78 is 10.7. The number of unbranched alkanes of at least 4 members (excludes halogenated alkanes) is 2. The van der Waals surface area contributed by atoms with E-state index in [0.29, 0.717) is 11.7 Å². The summed E-state index contributed by atoms with van der Waals surface area (Å²) in [6.07, 6.45) is 9.09. The van der Waals surface area contributed by atoms with Crippen molar-refractivity contribution in [2.24, 2.45) is 0 Å². The molecule has 0 amide bonds. The maximum Gasteiger partial charge on any atom is 0.205 e. The maximum absolute atomic E-state index is 8.59. The van der Waals surface area contributed by atoms with Gasteiger partial charge in [0.05, 0.1) is 18.9 Å². The maximum atomic E-state index is 8.59. The van der Waals surface area contributed by atoms with E-state index >= 15 is 0 Å². The van der Waals surface area contributed by atoms with E-state index in [9.17, 15) is 0 Å². The van der Waals surface area contributed by atoms with Crippen LogP contribution in [-0.4, -0.2) is 19.1 Å². The third kappa shape index (κ3) is 3.15. The summed E-state index contributed by atoms with van der Waals surface area (Å²) in [4.78, 5) is 1.96. The standard InChI is InChI=1S/C19H23N3O2/c1-3-4-5-6-7-17-21-19-16(12-13-24-19)18(20)22(17)14-8-10-15(23-2)11-9-14/h6-13,17,20-21H,3-5H2,1-2H3. The number of rotatable bonds is 6. The van der Waals surface area contributed by atoms with Crippen LogP contribution in [0.15, 0.2) is 53.2 Å². The van der Waals surface area contributed by atoms with Gasteiger partial charge in [-0.15, -0.1) is 0 Å². The Morgan fingerprint density at radius 2 is 2.08 bits per heavy atom. The van der Waals surface area contributed by atoms with Crippen molar-refractivity contribution < 1.29 is 9.15 Å². The van der Waals surface area contributed by atoms with Crippen molar-refractivity contribution in [3.63, 3.8) is 0 Å². The number of fused-ring (bicyclic) bond motifs is 1. The first kappa shape index (κ1) is 16.2. The lowest BCUT2D eigenvalue weighted by atomic mass is 10.1. The number of methoxy groups -OCH3 is 1. The van der Waals surface area contributed by atoms with Gasteiger partial charge in [0.1, 0.15) is 17.8 Å². The largest absolute Gasteiger partial charge is 0.497 e. The van der Waals surface area contributed by atoms with Gasteiger partial charge in [-0.1, -0.05) is 25.8 Å². The number of hydrogen-bond donors (Lipinski definition) is 2. The van der Waals surface area contributed by atoms with Gasteiger partial charge in [-0.25, -0.2) is 0 Å². The minimum atomic E-state index is -0.151. The van der Waals surface area contributed by atoms with Crippen LogP contribution < -0.4 is 15.0 Å². The van der Waals surface area contributed by atoms with Gasteiger partial charge in [0.25, 0.3) is 0 Å². The van der Waals surface area contributed by atoms with E-state index in [1.165, 1.54) is 6.42 Å². The van der Waals surface area contributed by atoms with E-state index in [4.69, 9.17) is 14.6 Å². The molecule has 0 saturated carbocycles. The van der Waals surface area contributed by atoms with Crippen molar-refractivity contribution in [3.8, 4) is 5.75 Å². The van der Waals surface area contributed by atoms with Crippen LogP contribution in [-0.2, 0) is 0 Å². The molecule has 1 aliphatic heterocycles. The normalized spacial score (nSPS) is 17.0. The lowest BCUT2D eigenvalue weighted by Crippen LogP contribution is -2.47. The Morgan fingerprint density at radius 3 is 2.79 bits per heavy atom. The molecule has 1 aromatic carbocycles. The molecule has 0 radical (unpaired) electrons. The number of ether oxygens (including phenoxy) is 1. The van der Waals surface area contributed by atoms with Gasteiger partial charge in [0, 0.05) is 5.69 Å². The highest BCUT2D eigenvalue weighted by atomic mass is 16.5. The molecule has 1 aromatic heterocycles. The van der Waals surface area contributed by atoms with Crippen molar-refractivity contribution in [1.82, 2.24) is 0 Å². The minimum Gasteiger partial charge on any atom is -0.497 e. The molecule has 1 atom stereocenters. The third-order valence-electron chi connectivity index (χ3n) is 4.11. The summed E-state index contributed by atoms with van der Waals surface area (Å²) in [6.45, 7) is 2.18. The Hall–Kier alpha value is -2.69. The molecule has 0 fully saturated rings. The zero-order valence-corrected chi connectivity index (χ0v) is 14.1. The van der Waals surface area contributed by atoms with Crippen LogP contribution in [0, 0.1) is 5.41 Å². The summed E-state index contributed by atoms with van der Waals surface area (Å²) in [6, 6.07) is 9.56. The molecule has 0 bridgehead atoms. The van der Waals surface area contributed by atoms with E-state index in [-0.39, 0.29) is 6.17 Å². The Bertz CT molecular complexity index is 718. The number of amidine groups is 1. The van der Waals surface area contributed by atoms with Gasteiger partial charge in [0.2, 0.25) is 5.88 Å². The van der Waals surface area contributed by atoms with Crippen molar-refractivity contribution in [1.29, 1.82) is 5.41 Å². The number of nitrogens with one attached hydrogen (secondary N) is 2. The smallest absolute Gasteiger partial charge is 0.205 e. The highest BCUT2D eigenvalue weighted by Gasteiger charge is 2.31. The molecule has 2 heterocycles. The molecule has 0 aliphatic carbocycles. The molecular formula is C19H23N3O2. The number of furan rings is 1. The second-order valence-corrected chi connectivity index (χ2v) is 5.74. The average molecular weight is 325 g/mol. The van der Waals surface area contributed by atoms with Gasteiger partial charge in [-0.2, -0.15) is 0 Å². The fraction of sp³-hybridized carbons (Fsp3) is 0.316. The number of benzene rings is 1. The molecule has 1 aliphatic rings. The number of anilines is 2. The van der Waals surface area contributed by atoms with Gasteiger partial charge in [-0.05, 0) is 42.8 Å². The Labute approximate surface area is 142 Å². The molecule has 0 spiro atoms. The second-order valence-electron chi connectivity index (χ2n) is 5.74. The van der Waals surface area contributed by atoms with Crippen LogP contribution >= 0.6 is 0 Å². The van der Waals surface area contributed by atoms with Crippen molar-refractivity contribution in [3.05, 3.63) is 54.3 Å². The molecule has 1 unspecified atom stereocenters. The second kappa shape index (κ2) is 7.25. The first-order chi connectivity index (χ1) is 11.7. The van der Waals surface area contributed by atoms with Crippen LogP contribution in [0.1, 0.15) is 31.7 Å². The average Bonchev–Trinajstić information content (AvgIpc) is 3.08. The van der Waals surface area contributed by atoms with E-state index < -0.39 is 0 Å². The van der Waals surface area contributed by atoms with Gasteiger partial charge in [0.15, 0.2) is 0 Å². The zero-order chi connectivity index (χ0) is 16.9. The molecular weight excluding hydrogens is 302 g/mol. The van der Waals surface area contributed by atoms with Gasteiger partial charge >= 0.3 is 0 Å². The fourth-order valence-corrected chi connectivity index (χ4v) is 2.79. The predicted molar refractivity (Wildman–Crippen MR) is 97.1 cm³/mol. The summed E-state index contributed by atoms with van der Waals surface area (Å²) in [7, 11) is 1.65. The quantitative estimate of drug-likeness (QED) is 0.601. The van der Waals surface area contributed by atoms with E-state index in [1.54, 1.807) is 13.4 Å². The number of allylic oxidation sites excluding steroid dienone is 1. The van der Waals surface area contributed by atoms with Crippen molar-refractivity contribution >= 4 is 17.4 Å².